The van der Waals surface area contributed by atoms with Gasteiger partial charge in [0.25, 0.3) is 11.3 Å². The molecule has 0 saturated heterocycles. The van der Waals surface area contributed by atoms with Crippen molar-refractivity contribution >= 4 is 46.5 Å². The standard InChI is InChI=1S/C21H20FN3O2S2/c22-19-6-2-16(3-7-19)1-5-18-15-17(9-12-25-29(26)27)4-8-20(18)23-11-10-21-24-13-14-28-21/h1-9,12-15,23,25H,10-11H2,(H,26,27)/b5-1?,12-9+. The maximum absolute atomic E-state index is 13.1. The molecule has 1 heterocycles. The first-order valence-corrected chi connectivity index (χ1v) is 10.8. The van der Waals surface area contributed by atoms with Crippen molar-refractivity contribution in [3.05, 3.63) is 87.8 Å². The molecule has 1 atom stereocenters. The minimum atomic E-state index is -2.10. The molecule has 0 aliphatic heterocycles. The third-order valence-electron chi connectivity index (χ3n) is 3.98. The van der Waals surface area contributed by atoms with Crippen molar-refractivity contribution in [2.45, 2.75) is 6.42 Å². The first-order valence-electron chi connectivity index (χ1n) is 8.84. The first kappa shape index (κ1) is 20.9. The maximum Gasteiger partial charge on any atom is 0.258 e. The second-order valence-corrected chi connectivity index (χ2v) is 7.75. The van der Waals surface area contributed by atoms with Crippen LogP contribution in [0.3, 0.4) is 0 Å². The highest BCUT2D eigenvalue weighted by atomic mass is 32.2. The van der Waals surface area contributed by atoms with Crippen LogP contribution in [0, 0.1) is 5.82 Å². The number of nitrogens with zero attached hydrogens (tertiary/aromatic N) is 1. The zero-order valence-corrected chi connectivity index (χ0v) is 17.0. The molecule has 0 fully saturated rings. The van der Waals surface area contributed by atoms with Crippen LogP contribution in [0.15, 0.2) is 60.2 Å². The molecule has 0 amide bonds. The van der Waals surface area contributed by atoms with Gasteiger partial charge in [0.05, 0.1) is 5.01 Å². The number of aromatic nitrogens is 1. The molecule has 150 valence electrons. The fourth-order valence-electron chi connectivity index (χ4n) is 2.61. The monoisotopic (exact) mass is 429 g/mol. The smallest absolute Gasteiger partial charge is 0.258 e. The quantitative estimate of drug-likeness (QED) is 0.337. The lowest BCUT2D eigenvalue weighted by Gasteiger charge is -2.10. The largest absolute Gasteiger partial charge is 0.384 e. The van der Waals surface area contributed by atoms with Crippen LogP contribution in [0.4, 0.5) is 10.1 Å². The van der Waals surface area contributed by atoms with Crippen molar-refractivity contribution < 1.29 is 13.2 Å². The molecule has 3 aromatic rings. The highest BCUT2D eigenvalue weighted by Crippen LogP contribution is 2.22. The van der Waals surface area contributed by atoms with Gasteiger partial charge in [-0.15, -0.1) is 11.3 Å². The fourth-order valence-corrected chi connectivity index (χ4v) is 3.42. The van der Waals surface area contributed by atoms with Crippen LogP contribution in [0.1, 0.15) is 21.7 Å². The number of hydrogen-bond donors (Lipinski definition) is 3. The SMILES string of the molecule is O=S(O)N/C=C/c1ccc(NCCc2nccs2)c(C=Cc2ccc(F)cc2)c1. The number of hydrogen-bond acceptors (Lipinski definition) is 4. The molecule has 3 N–H and O–H groups in total. The molecular weight excluding hydrogens is 409 g/mol. The summed E-state index contributed by atoms with van der Waals surface area (Å²) in [7, 11) is 0. The molecule has 5 nitrogen and oxygen atoms in total. The van der Waals surface area contributed by atoms with E-state index in [1.807, 2.05) is 35.7 Å². The maximum atomic E-state index is 13.1. The van der Waals surface area contributed by atoms with Gasteiger partial charge in [-0.1, -0.05) is 30.4 Å². The number of benzene rings is 2. The first-order chi connectivity index (χ1) is 14.1. The molecule has 0 aliphatic rings. The fraction of sp³-hybridized carbons (Fsp3) is 0.0952. The zero-order chi connectivity index (χ0) is 20.5. The van der Waals surface area contributed by atoms with E-state index in [0.717, 1.165) is 40.4 Å². The van der Waals surface area contributed by atoms with Crippen molar-refractivity contribution in [3.63, 3.8) is 0 Å². The van der Waals surface area contributed by atoms with Crippen LogP contribution in [0.2, 0.25) is 0 Å². The minimum absolute atomic E-state index is 0.271. The summed E-state index contributed by atoms with van der Waals surface area (Å²) in [5, 5.41) is 6.46. The van der Waals surface area contributed by atoms with E-state index in [9.17, 15) is 8.60 Å². The Morgan fingerprint density at radius 2 is 1.90 bits per heavy atom. The summed E-state index contributed by atoms with van der Waals surface area (Å²) < 4.78 is 34.9. The van der Waals surface area contributed by atoms with Gasteiger partial charge >= 0.3 is 0 Å². The van der Waals surface area contributed by atoms with Gasteiger partial charge in [-0.05, 0) is 47.0 Å². The van der Waals surface area contributed by atoms with E-state index in [-0.39, 0.29) is 5.82 Å². The molecule has 0 spiro atoms. The van der Waals surface area contributed by atoms with Gasteiger partial charge in [0.15, 0.2) is 0 Å². The molecule has 0 bridgehead atoms. The van der Waals surface area contributed by atoms with Crippen molar-refractivity contribution in [2.75, 3.05) is 11.9 Å². The Kier molecular flexibility index (Phi) is 7.69. The molecule has 1 aromatic heterocycles. The number of halogens is 1. The Balaban J connectivity index is 1.78. The predicted octanol–water partition coefficient (Wildman–Crippen LogP) is 4.80. The highest BCUT2D eigenvalue weighted by molar-refractivity contribution is 7.77. The number of rotatable bonds is 9. The van der Waals surface area contributed by atoms with E-state index >= 15 is 0 Å². The van der Waals surface area contributed by atoms with E-state index < -0.39 is 11.3 Å². The van der Waals surface area contributed by atoms with E-state index in [2.05, 4.69) is 15.0 Å². The molecule has 0 radical (unpaired) electrons. The van der Waals surface area contributed by atoms with Crippen LogP contribution >= 0.6 is 11.3 Å². The van der Waals surface area contributed by atoms with Gasteiger partial charge in [0, 0.05) is 36.4 Å². The van der Waals surface area contributed by atoms with Gasteiger partial charge in [-0.25, -0.2) is 13.6 Å². The lowest BCUT2D eigenvalue weighted by Crippen LogP contribution is -2.07. The van der Waals surface area contributed by atoms with Crippen LogP contribution in [0.25, 0.3) is 18.2 Å². The lowest BCUT2D eigenvalue weighted by molar-refractivity contribution is 0.558. The Morgan fingerprint density at radius 3 is 2.62 bits per heavy atom. The predicted molar refractivity (Wildman–Crippen MR) is 119 cm³/mol. The third-order valence-corrected chi connectivity index (χ3v) is 5.16. The van der Waals surface area contributed by atoms with E-state index in [1.165, 1.54) is 18.3 Å². The molecular formula is C21H20FN3O2S2. The zero-order valence-electron chi connectivity index (χ0n) is 15.4. The van der Waals surface area contributed by atoms with Crippen LogP contribution < -0.4 is 10.0 Å². The molecule has 0 saturated carbocycles. The van der Waals surface area contributed by atoms with Crippen molar-refractivity contribution in [1.29, 1.82) is 0 Å². The minimum Gasteiger partial charge on any atom is -0.384 e. The summed E-state index contributed by atoms with van der Waals surface area (Å²) >= 11 is -0.469. The Labute approximate surface area is 175 Å². The summed E-state index contributed by atoms with van der Waals surface area (Å²) in [4.78, 5) is 4.29. The average molecular weight is 430 g/mol. The Morgan fingerprint density at radius 1 is 1.10 bits per heavy atom. The van der Waals surface area contributed by atoms with Crippen molar-refractivity contribution in [2.24, 2.45) is 0 Å². The molecule has 8 heteroatoms. The molecule has 29 heavy (non-hydrogen) atoms. The normalized spacial score (nSPS) is 12.5. The van der Waals surface area contributed by atoms with Crippen molar-refractivity contribution in [1.82, 2.24) is 9.71 Å². The van der Waals surface area contributed by atoms with Gasteiger partial charge in [-0.3, -0.25) is 9.27 Å². The number of anilines is 1. The second kappa shape index (κ2) is 10.7. The van der Waals surface area contributed by atoms with Crippen LogP contribution in [-0.4, -0.2) is 20.3 Å². The van der Waals surface area contributed by atoms with Gasteiger partial charge in [0.2, 0.25) is 0 Å². The van der Waals surface area contributed by atoms with Crippen LogP contribution in [-0.2, 0) is 17.7 Å². The van der Waals surface area contributed by atoms with Crippen molar-refractivity contribution in [3.8, 4) is 0 Å². The Bertz CT molecular complexity index is 1000. The van der Waals surface area contributed by atoms with Gasteiger partial charge < -0.3 is 5.32 Å². The molecule has 2 aromatic carbocycles. The van der Waals surface area contributed by atoms with E-state index in [1.54, 1.807) is 35.7 Å². The molecule has 0 aliphatic carbocycles. The molecule has 3 rings (SSSR count). The summed E-state index contributed by atoms with van der Waals surface area (Å²) in [5.41, 5.74) is 3.65. The summed E-state index contributed by atoms with van der Waals surface area (Å²) in [5.74, 6) is -0.271. The lowest BCUT2D eigenvalue weighted by atomic mass is 10.1. The Hall–Kier alpha value is -2.81. The summed E-state index contributed by atoms with van der Waals surface area (Å²) in [6.45, 7) is 0.741. The highest BCUT2D eigenvalue weighted by Gasteiger charge is 2.02. The van der Waals surface area contributed by atoms with E-state index in [4.69, 9.17) is 4.55 Å². The number of nitrogens with one attached hydrogen (secondary N) is 2. The van der Waals surface area contributed by atoms with Crippen LogP contribution in [0.5, 0.6) is 0 Å². The summed E-state index contributed by atoms with van der Waals surface area (Å²) in [6.07, 6.45) is 9.62. The van der Waals surface area contributed by atoms with E-state index in [0.29, 0.717) is 0 Å². The average Bonchev–Trinajstić information content (AvgIpc) is 3.22. The summed E-state index contributed by atoms with van der Waals surface area (Å²) in [6, 6.07) is 12.1. The van der Waals surface area contributed by atoms with Gasteiger partial charge in [0.1, 0.15) is 5.82 Å². The number of thiazole rings is 1. The third kappa shape index (κ3) is 6.94. The topological polar surface area (TPSA) is 74.2 Å². The second-order valence-electron chi connectivity index (χ2n) is 6.03. The molecule has 1 unspecified atom stereocenters. The van der Waals surface area contributed by atoms with Gasteiger partial charge in [-0.2, -0.15) is 0 Å².